The summed E-state index contributed by atoms with van der Waals surface area (Å²) in [6, 6.07) is 3.63. The van der Waals surface area contributed by atoms with Gasteiger partial charge in [0.15, 0.2) is 0 Å². The van der Waals surface area contributed by atoms with Gasteiger partial charge in [-0.15, -0.1) is 6.58 Å². The molecule has 100 valence electrons. The number of benzene rings is 1. The van der Waals surface area contributed by atoms with Crippen LogP contribution in [0, 0.1) is 0 Å². The number of H-pyrrole nitrogens is 1. The van der Waals surface area contributed by atoms with Gasteiger partial charge in [0.25, 0.3) is 0 Å². The highest BCUT2D eigenvalue weighted by Gasteiger charge is 2.31. The summed E-state index contributed by atoms with van der Waals surface area (Å²) in [6.45, 7) is 4.05. The van der Waals surface area contributed by atoms with Gasteiger partial charge < -0.3 is 4.98 Å². The van der Waals surface area contributed by atoms with E-state index in [1.807, 2.05) is 6.07 Å². The Hall–Kier alpha value is -1.50. The van der Waals surface area contributed by atoms with Gasteiger partial charge in [0.05, 0.1) is 22.8 Å². The summed E-state index contributed by atoms with van der Waals surface area (Å²) in [5.74, 6) is 0. The molecule has 0 unspecified atom stereocenters. The standard InChI is InChI=1S/C12H12ClN3O2S/c1-2-5-16-12-8(7-15-19(16,17)18)6-10(13)9-3-4-14-11(9)12/h2-4,6,14-15H,1,5,7H2. The molecule has 0 saturated heterocycles. The number of nitrogens with zero attached hydrogens (tertiary/aromatic N) is 1. The predicted octanol–water partition coefficient (Wildman–Crippen LogP) is 2.16. The van der Waals surface area contributed by atoms with Crippen LogP contribution in [0.25, 0.3) is 10.9 Å². The number of hydrogen-bond acceptors (Lipinski definition) is 2. The van der Waals surface area contributed by atoms with E-state index in [1.54, 1.807) is 18.3 Å². The quantitative estimate of drug-likeness (QED) is 0.834. The van der Waals surface area contributed by atoms with Crippen LogP contribution in [0.4, 0.5) is 5.69 Å². The lowest BCUT2D eigenvalue weighted by Gasteiger charge is -2.30. The van der Waals surface area contributed by atoms with E-state index in [-0.39, 0.29) is 13.1 Å². The SMILES string of the molecule is C=CCN1c2c(cc(Cl)c3cc[nH]c23)CNS1(=O)=O. The molecule has 0 aliphatic carbocycles. The molecule has 1 aliphatic rings. The summed E-state index contributed by atoms with van der Waals surface area (Å²) < 4.78 is 28.0. The topological polar surface area (TPSA) is 65.2 Å². The van der Waals surface area contributed by atoms with Crippen molar-refractivity contribution in [3.05, 3.63) is 41.6 Å². The van der Waals surface area contributed by atoms with Crippen molar-refractivity contribution < 1.29 is 8.42 Å². The number of fused-ring (bicyclic) bond motifs is 3. The number of nitrogens with one attached hydrogen (secondary N) is 2. The lowest BCUT2D eigenvalue weighted by atomic mass is 10.1. The molecule has 5 nitrogen and oxygen atoms in total. The van der Waals surface area contributed by atoms with Crippen LogP contribution in [0.2, 0.25) is 5.02 Å². The van der Waals surface area contributed by atoms with Gasteiger partial charge in [-0.25, -0.2) is 0 Å². The maximum absolute atomic E-state index is 12.1. The Labute approximate surface area is 116 Å². The minimum Gasteiger partial charge on any atom is -0.359 e. The molecule has 1 aromatic heterocycles. The molecule has 0 radical (unpaired) electrons. The van der Waals surface area contributed by atoms with E-state index in [4.69, 9.17) is 11.6 Å². The Bertz CT molecular complexity index is 767. The van der Waals surface area contributed by atoms with Crippen molar-refractivity contribution in [1.29, 1.82) is 0 Å². The Morgan fingerprint density at radius 1 is 1.53 bits per heavy atom. The maximum atomic E-state index is 12.1. The van der Waals surface area contributed by atoms with Crippen LogP contribution in [0.3, 0.4) is 0 Å². The van der Waals surface area contributed by atoms with Gasteiger partial charge in [-0.05, 0) is 17.7 Å². The molecular formula is C12H12ClN3O2S. The van der Waals surface area contributed by atoms with Crippen molar-refractivity contribution in [2.75, 3.05) is 10.8 Å². The first-order valence-electron chi connectivity index (χ1n) is 5.71. The molecule has 2 aromatic rings. The lowest BCUT2D eigenvalue weighted by Crippen LogP contribution is -2.45. The molecule has 19 heavy (non-hydrogen) atoms. The Balaban J connectivity index is 2.36. The van der Waals surface area contributed by atoms with Crippen molar-refractivity contribution >= 4 is 38.4 Å². The fraction of sp³-hybridized carbons (Fsp3) is 0.167. The largest absolute Gasteiger partial charge is 0.359 e. The highest BCUT2D eigenvalue weighted by molar-refractivity contribution is 7.91. The van der Waals surface area contributed by atoms with Crippen LogP contribution in [0.5, 0.6) is 0 Å². The highest BCUT2D eigenvalue weighted by Crippen LogP contribution is 2.38. The molecule has 0 spiro atoms. The molecule has 0 amide bonds. The number of rotatable bonds is 2. The van der Waals surface area contributed by atoms with E-state index in [0.29, 0.717) is 10.7 Å². The van der Waals surface area contributed by atoms with Crippen LogP contribution in [-0.2, 0) is 16.8 Å². The van der Waals surface area contributed by atoms with E-state index in [9.17, 15) is 8.42 Å². The second-order valence-electron chi connectivity index (χ2n) is 4.28. The van der Waals surface area contributed by atoms with Crippen molar-refractivity contribution in [2.24, 2.45) is 0 Å². The average Bonchev–Trinajstić information content (AvgIpc) is 2.83. The Morgan fingerprint density at radius 2 is 2.32 bits per heavy atom. The zero-order valence-corrected chi connectivity index (χ0v) is 11.6. The molecule has 7 heteroatoms. The number of halogens is 1. The average molecular weight is 298 g/mol. The summed E-state index contributed by atoms with van der Waals surface area (Å²) in [5.41, 5.74) is 2.22. The normalized spacial score (nSPS) is 17.4. The van der Waals surface area contributed by atoms with Crippen LogP contribution < -0.4 is 9.03 Å². The van der Waals surface area contributed by atoms with Gasteiger partial charge in [0.1, 0.15) is 0 Å². The molecular weight excluding hydrogens is 286 g/mol. The second-order valence-corrected chi connectivity index (χ2v) is 6.37. The molecule has 0 atom stereocenters. The second kappa shape index (κ2) is 4.26. The first kappa shape index (κ1) is 12.5. The fourth-order valence-electron chi connectivity index (χ4n) is 2.32. The third-order valence-corrected chi connectivity index (χ3v) is 4.86. The van der Waals surface area contributed by atoms with Crippen LogP contribution in [0.1, 0.15) is 5.56 Å². The van der Waals surface area contributed by atoms with Gasteiger partial charge in [-0.1, -0.05) is 17.7 Å². The van der Waals surface area contributed by atoms with Gasteiger partial charge in [-0.2, -0.15) is 13.1 Å². The molecule has 3 rings (SSSR count). The van der Waals surface area contributed by atoms with Crippen LogP contribution >= 0.6 is 11.6 Å². The van der Waals surface area contributed by atoms with Gasteiger partial charge in [0.2, 0.25) is 0 Å². The van der Waals surface area contributed by atoms with E-state index in [2.05, 4.69) is 16.3 Å². The molecule has 2 N–H and O–H groups in total. The summed E-state index contributed by atoms with van der Waals surface area (Å²) in [5, 5.41) is 1.42. The van der Waals surface area contributed by atoms with Crippen LogP contribution in [-0.4, -0.2) is 19.9 Å². The van der Waals surface area contributed by atoms with E-state index in [1.165, 1.54) is 4.31 Å². The van der Waals surface area contributed by atoms with Gasteiger partial charge in [0, 0.05) is 18.1 Å². The molecule has 2 heterocycles. The fourth-order valence-corrected chi connectivity index (χ4v) is 3.85. The first-order valence-corrected chi connectivity index (χ1v) is 7.53. The molecule has 1 aliphatic heterocycles. The Kier molecular flexibility index (Phi) is 2.81. The van der Waals surface area contributed by atoms with Crippen molar-refractivity contribution in [1.82, 2.24) is 9.71 Å². The van der Waals surface area contributed by atoms with Crippen molar-refractivity contribution in [2.45, 2.75) is 6.54 Å². The van der Waals surface area contributed by atoms with Crippen molar-refractivity contribution in [3.8, 4) is 0 Å². The summed E-state index contributed by atoms with van der Waals surface area (Å²) in [6.07, 6.45) is 3.30. The summed E-state index contributed by atoms with van der Waals surface area (Å²) in [4.78, 5) is 3.06. The van der Waals surface area contributed by atoms with E-state index in [0.717, 1.165) is 16.5 Å². The maximum Gasteiger partial charge on any atom is 0.302 e. The number of anilines is 1. The first-order chi connectivity index (χ1) is 9.04. The molecule has 0 fully saturated rings. The summed E-state index contributed by atoms with van der Waals surface area (Å²) >= 11 is 6.20. The molecule has 0 bridgehead atoms. The monoisotopic (exact) mass is 297 g/mol. The minimum absolute atomic E-state index is 0.206. The number of hydrogen-bond donors (Lipinski definition) is 2. The smallest absolute Gasteiger partial charge is 0.302 e. The number of aromatic amines is 1. The zero-order valence-electron chi connectivity index (χ0n) is 9.98. The third kappa shape index (κ3) is 1.83. The lowest BCUT2D eigenvalue weighted by molar-refractivity contribution is 0.574. The molecule has 1 aromatic carbocycles. The van der Waals surface area contributed by atoms with Gasteiger partial charge >= 0.3 is 10.2 Å². The minimum atomic E-state index is -3.53. The number of aromatic nitrogens is 1. The Morgan fingerprint density at radius 3 is 3.05 bits per heavy atom. The predicted molar refractivity (Wildman–Crippen MR) is 76.6 cm³/mol. The van der Waals surface area contributed by atoms with E-state index >= 15 is 0 Å². The summed E-state index contributed by atoms with van der Waals surface area (Å²) in [7, 11) is -3.53. The van der Waals surface area contributed by atoms with E-state index < -0.39 is 10.2 Å². The highest BCUT2D eigenvalue weighted by atomic mass is 35.5. The zero-order chi connectivity index (χ0) is 13.6. The molecule has 0 saturated carbocycles. The van der Waals surface area contributed by atoms with Crippen LogP contribution in [0.15, 0.2) is 31.0 Å². The van der Waals surface area contributed by atoms with Gasteiger partial charge in [-0.3, -0.25) is 4.31 Å². The van der Waals surface area contributed by atoms with Crippen molar-refractivity contribution in [3.63, 3.8) is 0 Å². The third-order valence-electron chi connectivity index (χ3n) is 3.13.